The third kappa shape index (κ3) is 2.12. The van der Waals surface area contributed by atoms with Crippen molar-refractivity contribution < 1.29 is 14.7 Å². The summed E-state index contributed by atoms with van der Waals surface area (Å²) in [4.78, 5) is 24.1. The smallest absolute Gasteiger partial charge is 0.133 e. The van der Waals surface area contributed by atoms with E-state index < -0.39 is 0 Å². The van der Waals surface area contributed by atoms with E-state index in [0.29, 0.717) is 42.2 Å². The predicted octanol–water partition coefficient (Wildman–Crippen LogP) is 3.77. The number of ketones is 2. The van der Waals surface area contributed by atoms with Crippen LogP contribution in [0.15, 0.2) is 0 Å². The summed E-state index contributed by atoms with van der Waals surface area (Å²) < 4.78 is 0. The van der Waals surface area contributed by atoms with Crippen LogP contribution >= 0.6 is 0 Å². The number of aliphatic hydroxyl groups is 1. The van der Waals surface area contributed by atoms with Gasteiger partial charge in [0, 0.05) is 18.8 Å². The number of carbonyl (C=O) groups excluding carboxylic acids is 2. The van der Waals surface area contributed by atoms with Crippen molar-refractivity contribution >= 4 is 11.6 Å². The molecule has 0 heterocycles. The molecular weight excluding hydrogens is 300 g/mol. The SMILES string of the molecule is CC(=O)[C@@H]1CC[C@@H]2[C@H]3C[C@H](O)[C@H]4CC(=O)CC[C@]4(C)[C@@H]3CC[C@]21C. The molecule has 3 heteroatoms. The Balaban J connectivity index is 1.67. The van der Waals surface area contributed by atoms with E-state index in [2.05, 4.69) is 13.8 Å². The molecule has 4 aliphatic rings. The molecule has 0 aromatic heterocycles. The molecule has 0 aliphatic heterocycles. The quantitative estimate of drug-likeness (QED) is 0.795. The minimum Gasteiger partial charge on any atom is -0.393 e. The Morgan fingerprint density at radius 1 is 1.04 bits per heavy atom. The highest BCUT2D eigenvalue weighted by atomic mass is 16.3. The lowest BCUT2D eigenvalue weighted by atomic mass is 9.44. The molecule has 4 aliphatic carbocycles. The molecule has 3 nitrogen and oxygen atoms in total. The minimum atomic E-state index is -0.334. The summed E-state index contributed by atoms with van der Waals surface area (Å²) >= 11 is 0. The maximum atomic E-state index is 12.2. The van der Waals surface area contributed by atoms with Gasteiger partial charge in [0.1, 0.15) is 11.6 Å². The number of hydrogen-bond acceptors (Lipinski definition) is 3. The lowest BCUT2D eigenvalue weighted by Gasteiger charge is -2.61. The monoisotopic (exact) mass is 332 g/mol. The third-order valence-corrected chi connectivity index (χ3v) is 8.99. The van der Waals surface area contributed by atoms with E-state index in [0.717, 1.165) is 32.1 Å². The predicted molar refractivity (Wildman–Crippen MR) is 92.3 cm³/mol. The number of rotatable bonds is 1. The summed E-state index contributed by atoms with van der Waals surface area (Å²) in [6, 6.07) is 0. The summed E-state index contributed by atoms with van der Waals surface area (Å²) in [5.41, 5.74) is 0.256. The number of Topliss-reactive ketones (excluding diaryl/α,β-unsaturated/α-hetero) is 2. The minimum absolute atomic E-state index is 0.117. The summed E-state index contributed by atoms with van der Waals surface area (Å²) in [6.45, 7) is 6.46. The molecule has 8 atom stereocenters. The van der Waals surface area contributed by atoms with Gasteiger partial charge in [0.15, 0.2) is 0 Å². The molecule has 0 aromatic rings. The standard InChI is InChI=1S/C21H32O3/c1-12(22)15-4-5-16-14-11-19(24)18-10-13(23)6-8-21(18,3)17(14)7-9-20(15,16)2/h14-19,24H,4-11H2,1-3H3/t14-,15+,16-,17-,18-,19+,20+,21-/m1/s1. The van der Waals surface area contributed by atoms with Crippen LogP contribution < -0.4 is 0 Å². The van der Waals surface area contributed by atoms with Crippen LogP contribution in [0.2, 0.25) is 0 Å². The number of fused-ring (bicyclic) bond motifs is 5. The lowest BCUT2D eigenvalue weighted by molar-refractivity contribution is -0.166. The molecule has 0 radical (unpaired) electrons. The molecule has 4 saturated carbocycles. The second-order valence-corrected chi connectivity index (χ2v) is 9.82. The van der Waals surface area contributed by atoms with Gasteiger partial charge in [-0.3, -0.25) is 9.59 Å². The molecule has 0 unspecified atom stereocenters. The van der Waals surface area contributed by atoms with Gasteiger partial charge in [0.2, 0.25) is 0 Å². The summed E-state index contributed by atoms with van der Waals surface area (Å²) in [6.07, 6.45) is 7.25. The summed E-state index contributed by atoms with van der Waals surface area (Å²) in [5, 5.41) is 10.9. The van der Waals surface area contributed by atoms with Crippen molar-refractivity contribution in [2.24, 2.45) is 40.4 Å². The Hall–Kier alpha value is -0.700. The van der Waals surface area contributed by atoms with Crippen LogP contribution in [0.4, 0.5) is 0 Å². The van der Waals surface area contributed by atoms with Crippen LogP contribution in [-0.2, 0) is 9.59 Å². The Labute approximate surface area is 145 Å². The van der Waals surface area contributed by atoms with Crippen molar-refractivity contribution in [1.82, 2.24) is 0 Å². The molecule has 0 saturated heterocycles. The van der Waals surface area contributed by atoms with Crippen molar-refractivity contribution in [3.05, 3.63) is 0 Å². The highest BCUT2D eigenvalue weighted by molar-refractivity contribution is 5.80. The normalized spacial score (nSPS) is 53.9. The first kappa shape index (κ1) is 16.8. The molecule has 4 rings (SSSR count). The van der Waals surface area contributed by atoms with Gasteiger partial charge in [-0.05, 0) is 80.0 Å². The second kappa shape index (κ2) is 5.40. The van der Waals surface area contributed by atoms with E-state index in [9.17, 15) is 14.7 Å². The van der Waals surface area contributed by atoms with Gasteiger partial charge in [-0.1, -0.05) is 13.8 Å². The van der Waals surface area contributed by atoms with Crippen LogP contribution in [-0.4, -0.2) is 22.8 Å². The molecule has 134 valence electrons. The summed E-state index contributed by atoms with van der Waals surface area (Å²) in [7, 11) is 0. The van der Waals surface area contributed by atoms with Crippen LogP contribution in [0.25, 0.3) is 0 Å². The van der Waals surface area contributed by atoms with E-state index in [1.165, 1.54) is 6.42 Å². The number of aliphatic hydroxyl groups excluding tert-OH is 1. The van der Waals surface area contributed by atoms with E-state index in [4.69, 9.17) is 0 Å². The van der Waals surface area contributed by atoms with Crippen molar-refractivity contribution in [2.45, 2.75) is 78.2 Å². The van der Waals surface area contributed by atoms with E-state index in [1.807, 2.05) is 0 Å². The zero-order chi connectivity index (χ0) is 17.3. The zero-order valence-electron chi connectivity index (χ0n) is 15.4. The van der Waals surface area contributed by atoms with Gasteiger partial charge < -0.3 is 5.11 Å². The molecule has 0 aromatic carbocycles. The van der Waals surface area contributed by atoms with Gasteiger partial charge in [0.25, 0.3) is 0 Å². The lowest BCUT2D eigenvalue weighted by Crippen LogP contribution is -2.58. The van der Waals surface area contributed by atoms with Crippen LogP contribution in [0.5, 0.6) is 0 Å². The fourth-order valence-electron chi connectivity index (χ4n) is 7.76. The zero-order valence-corrected chi connectivity index (χ0v) is 15.4. The Bertz CT molecular complexity index is 569. The van der Waals surface area contributed by atoms with Crippen LogP contribution in [0.3, 0.4) is 0 Å². The van der Waals surface area contributed by atoms with E-state index in [-0.39, 0.29) is 28.8 Å². The van der Waals surface area contributed by atoms with Gasteiger partial charge in [-0.2, -0.15) is 0 Å². The van der Waals surface area contributed by atoms with Crippen molar-refractivity contribution in [2.75, 3.05) is 0 Å². The average molecular weight is 332 g/mol. The molecule has 0 bridgehead atoms. The first-order chi connectivity index (χ1) is 11.3. The highest BCUT2D eigenvalue weighted by Crippen LogP contribution is 2.67. The molecule has 0 spiro atoms. The van der Waals surface area contributed by atoms with Crippen molar-refractivity contribution in [1.29, 1.82) is 0 Å². The summed E-state index contributed by atoms with van der Waals surface area (Å²) in [5.74, 6) is 2.83. The molecule has 4 fully saturated rings. The van der Waals surface area contributed by atoms with Crippen molar-refractivity contribution in [3.8, 4) is 0 Å². The van der Waals surface area contributed by atoms with Crippen LogP contribution in [0, 0.1) is 40.4 Å². The topological polar surface area (TPSA) is 54.4 Å². The van der Waals surface area contributed by atoms with Crippen LogP contribution in [0.1, 0.15) is 72.1 Å². The van der Waals surface area contributed by atoms with Gasteiger partial charge in [-0.15, -0.1) is 0 Å². The first-order valence-electron chi connectivity index (χ1n) is 9.97. The second-order valence-electron chi connectivity index (χ2n) is 9.82. The average Bonchev–Trinajstić information content (AvgIpc) is 2.87. The molecule has 1 N–H and O–H groups in total. The molecule has 0 amide bonds. The Morgan fingerprint density at radius 3 is 2.46 bits per heavy atom. The molecule has 24 heavy (non-hydrogen) atoms. The maximum Gasteiger partial charge on any atom is 0.133 e. The fraction of sp³-hybridized carbons (Fsp3) is 0.905. The fourth-order valence-corrected chi connectivity index (χ4v) is 7.76. The highest BCUT2D eigenvalue weighted by Gasteiger charge is 2.62. The number of carbonyl (C=O) groups is 2. The van der Waals surface area contributed by atoms with Gasteiger partial charge >= 0.3 is 0 Å². The van der Waals surface area contributed by atoms with E-state index >= 15 is 0 Å². The third-order valence-electron chi connectivity index (χ3n) is 8.99. The van der Waals surface area contributed by atoms with E-state index in [1.54, 1.807) is 6.92 Å². The number of hydrogen-bond donors (Lipinski definition) is 1. The largest absolute Gasteiger partial charge is 0.393 e. The Kier molecular flexibility index (Phi) is 3.77. The first-order valence-corrected chi connectivity index (χ1v) is 9.97. The van der Waals surface area contributed by atoms with Gasteiger partial charge in [-0.25, -0.2) is 0 Å². The van der Waals surface area contributed by atoms with Gasteiger partial charge in [0.05, 0.1) is 6.10 Å². The Morgan fingerprint density at radius 2 is 1.75 bits per heavy atom. The van der Waals surface area contributed by atoms with Crippen molar-refractivity contribution in [3.63, 3.8) is 0 Å². The maximum absolute atomic E-state index is 12.2. The molecular formula is C21H32O3.